The zero-order valence-corrected chi connectivity index (χ0v) is 11.4. The van der Waals surface area contributed by atoms with Crippen molar-refractivity contribution in [3.05, 3.63) is 23.7 Å². The molecule has 1 aromatic rings. The molecule has 102 valence electrons. The first-order valence-electron chi connectivity index (χ1n) is 7.24. The van der Waals surface area contributed by atoms with Crippen molar-refractivity contribution in [2.24, 2.45) is 5.92 Å². The van der Waals surface area contributed by atoms with Gasteiger partial charge < -0.3 is 14.5 Å². The second kappa shape index (κ2) is 7.59. The molecule has 3 heteroatoms. The number of hydrogen-bond acceptors (Lipinski definition) is 3. The van der Waals surface area contributed by atoms with Crippen LogP contribution in [0.15, 0.2) is 16.7 Å². The molecule has 0 radical (unpaired) electrons. The summed E-state index contributed by atoms with van der Waals surface area (Å²) in [5.74, 6) is 1.76. The van der Waals surface area contributed by atoms with Gasteiger partial charge >= 0.3 is 0 Å². The molecule has 0 amide bonds. The van der Waals surface area contributed by atoms with Crippen molar-refractivity contribution in [2.75, 3.05) is 13.2 Å². The maximum Gasteiger partial charge on any atom is 0.133 e. The van der Waals surface area contributed by atoms with Crippen LogP contribution in [0.3, 0.4) is 0 Å². The number of furan rings is 1. The summed E-state index contributed by atoms with van der Waals surface area (Å²) in [6.45, 7) is 5.61. The smallest absolute Gasteiger partial charge is 0.133 e. The monoisotopic (exact) mass is 251 g/mol. The van der Waals surface area contributed by atoms with Crippen LogP contribution in [0.1, 0.15) is 50.4 Å². The highest BCUT2D eigenvalue weighted by atomic mass is 16.5. The van der Waals surface area contributed by atoms with Gasteiger partial charge in [-0.05, 0) is 37.8 Å². The quantitative estimate of drug-likeness (QED) is 0.718. The first kappa shape index (κ1) is 13.6. The Hall–Kier alpha value is -0.800. The van der Waals surface area contributed by atoms with Crippen LogP contribution >= 0.6 is 0 Å². The molecule has 1 heterocycles. The van der Waals surface area contributed by atoms with Crippen molar-refractivity contribution in [3.63, 3.8) is 0 Å². The topological polar surface area (TPSA) is 34.4 Å². The van der Waals surface area contributed by atoms with Gasteiger partial charge in [0.25, 0.3) is 0 Å². The van der Waals surface area contributed by atoms with Crippen LogP contribution in [0, 0.1) is 5.92 Å². The predicted octanol–water partition coefficient (Wildman–Crippen LogP) is 3.49. The normalized spacial score (nSPS) is 16.5. The largest absolute Gasteiger partial charge is 0.467 e. The van der Waals surface area contributed by atoms with Gasteiger partial charge in [0.05, 0.1) is 6.26 Å². The minimum Gasteiger partial charge on any atom is -0.467 e. The summed E-state index contributed by atoms with van der Waals surface area (Å²) in [4.78, 5) is 0. The Bertz CT molecular complexity index is 329. The minimum atomic E-state index is 0.618. The highest BCUT2D eigenvalue weighted by molar-refractivity contribution is 5.16. The number of ether oxygens (including phenoxy) is 1. The summed E-state index contributed by atoms with van der Waals surface area (Å²) in [6, 6.07) is 2.04. The van der Waals surface area contributed by atoms with E-state index in [1.165, 1.54) is 31.2 Å². The molecule has 1 aliphatic carbocycles. The highest BCUT2D eigenvalue weighted by Gasteiger charge is 2.15. The average molecular weight is 251 g/mol. The summed E-state index contributed by atoms with van der Waals surface area (Å²) < 4.78 is 11.3. The Morgan fingerprint density at radius 3 is 3.00 bits per heavy atom. The van der Waals surface area contributed by atoms with Gasteiger partial charge in [-0.1, -0.05) is 19.8 Å². The Morgan fingerprint density at radius 2 is 2.22 bits per heavy atom. The summed E-state index contributed by atoms with van der Waals surface area (Å²) >= 11 is 0. The van der Waals surface area contributed by atoms with Crippen molar-refractivity contribution in [1.82, 2.24) is 5.32 Å². The maximum atomic E-state index is 5.79. The van der Waals surface area contributed by atoms with E-state index in [9.17, 15) is 0 Å². The Labute approximate surface area is 110 Å². The van der Waals surface area contributed by atoms with E-state index < -0.39 is 0 Å². The molecule has 0 bridgehead atoms. The lowest BCUT2D eigenvalue weighted by molar-refractivity contribution is 0.0764. The molecule has 1 saturated carbocycles. The van der Waals surface area contributed by atoms with E-state index in [1.807, 2.05) is 6.07 Å². The molecule has 0 spiro atoms. The molecule has 1 N–H and O–H groups in total. The van der Waals surface area contributed by atoms with Crippen LogP contribution in [-0.2, 0) is 17.9 Å². The summed E-state index contributed by atoms with van der Waals surface area (Å²) in [7, 11) is 0. The molecule has 1 aromatic heterocycles. The van der Waals surface area contributed by atoms with Crippen LogP contribution in [-0.4, -0.2) is 13.2 Å². The van der Waals surface area contributed by atoms with Gasteiger partial charge in [-0.3, -0.25) is 0 Å². The fourth-order valence-corrected chi connectivity index (χ4v) is 2.55. The van der Waals surface area contributed by atoms with Gasteiger partial charge in [0, 0.05) is 18.7 Å². The van der Waals surface area contributed by atoms with E-state index in [2.05, 4.69) is 12.2 Å². The number of hydrogen-bond donors (Lipinski definition) is 1. The van der Waals surface area contributed by atoms with Crippen molar-refractivity contribution in [2.45, 2.75) is 52.2 Å². The fraction of sp³-hybridized carbons (Fsp3) is 0.733. The fourth-order valence-electron chi connectivity index (χ4n) is 2.55. The second-order valence-electron chi connectivity index (χ2n) is 5.21. The second-order valence-corrected chi connectivity index (χ2v) is 5.21. The van der Waals surface area contributed by atoms with Gasteiger partial charge in [0.15, 0.2) is 0 Å². The molecule has 0 aliphatic heterocycles. The average Bonchev–Trinajstić information content (AvgIpc) is 3.02. The van der Waals surface area contributed by atoms with E-state index in [-0.39, 0.29) is 0 Å². The van der Waals surface area contributed by atoms with E-state index in [0.717, 1.165) is 37.8 Å². The summed E-state index contributed by atoms with van der Waals surface area (Å²) in [5, 5.41) is 3.39. The molecular formula is C15H25NO2. The molecule has 0 aromatic carbocycles. The van der Waals surface area contributed by atoms with Crippen molar-refractivity contribution >= 4 is 0 Å². The predicted molar refractivity (Wildman–Crippen MR) is 72.3 cm³/mol. The lowest BCUT2D eigenvalue weighted by Crippen LogP contribution is -2.14. The van der Waals surface area contributed by atoms with Crippen LogP contribution in [0.4, 0.5) is 0 Å². The molecule has 0 atom stereocenters. The third-order valence-corrected chi connectivity index (χ3v) is 3.64. The Kier molecular flexibility index (Phi) is 5.75. The molecule has 1 aliphatic rings. The Morgan fingerprint density at radius 1 is 1.39 bits per heavy atom. The van der Waals surface area contributed by atoms with E-state index >= 15 is 0 Å². The molecule has 0 saturated heterocycles. The summed E-state index contributed by atoms with van der Waals surface area (Å²) in [6.07, 6.45) is 8.34. The van der Waals surface area contributed by atoms with Gasteiger partial charge in [0.1, 0.15) is 12.4 Å². The van der Waals surface area contributed by atoms with Gasteiger partial charge in [-0.25, -0.2) is 0 Å². The van der Waals surface area contributed by atoms with Crippen molar-refractivity contribution in [1.29, 1.82) is 0 Å². The molecule has 0 unspecified atom stereocenters. The van der Waals surface area contributed by atoms with Crippen LogP contribution in [0.2, 0.25) is 0 Å². The highest BCUT2D eigenvalue weighted by Crippen LogP contribution is 2.25. The van der Waals surface area contributed by atoms with E-state index in [0.29, 0.717) is 6.61 Å². The third kappa shape index (κ3) is 4.14. The zero-order chi connectivity index (χ0) is 12.6. The van der Waals surface area contributed by atoms with Crippen molar-refractivity contribution in [3.8, 4) is 0 Å². The number of nitrogens with one attached hydrogen (secondary N) is 1. The maximum absolute atomic E-state index is 5.79. The van der Waals surface area contributed by atoms with Gasteiger partial charge in [-0.15, -0.1) is 0 Å². The Balaban J connectivity index is 1.69. The molecule has 2 rings (SSSR count). The van der Waals surface area contributed by atoms with E-state index in [1.54, 1.807) is 6.26 Å². The SMILES string of the molecule is CCCNCc1ccoc1COCC1CCCC1. The first-order chi connectivity index (χ1) is 8.90. The molecular weight excluding hydrogens is 226 g/mol. The van der Waals surface area contributed by atoms with Gasteiger partial charge in [-0.2, -0.15) is 0 Å². The molecule has 1 fully saturated rings. The third-order valence-electron chi connectivity index (χ3n) is 3.64. The van der Waals surface area contributed by atoms with Crippen LogP contribution in [0.5, 0.6) is 0 Å². The van der Waals surface area contributed by atoms with E-state index in [4.69, 9.17) is 9.15 Å². The molecule has 18 heavy (non-hydrogen) atoms. The zero-order valence-electron chi connectivity index (χ0n) is 11.4. The van der Waals surface area contributed by atoms with Crippen LogP contribution in [0.25, 0.3) is 0 Å². The standard InChI is InChI=1S/C15H25NO2/c1-2-8-16-10-14-7-9-18-15(14)12-17-11-13-5-3-4-6-13/h7,9,13,16H,2-6,8,10-12H2,1H3. The molecule has 3 nitrogen and oxygen atoms in total. The lowest BCUT2D eigenvalue weighted by Gasteiger charge is -2.09. The van der Waals surface area contributed by atoms with Gasteiger partial charge in [0.2, 0.25) is 0 Å². The first-order valence-corrected chi connectivity index (χ1v) is 7.24. The number of rotatable bonds is 8. The minimum absolute atomic E-state index is 0.618. The summed E-state index contributed by atoms with van der Waals surface area (Å²) in [5.41, 5.74) is 1.23. The van der Waals surface area contributed by atoms with Crippen LogP contribution < -0.4 is 5.32 Å². The van der Waals surface area contributed by atoms with Crippen molar-refractivity contribution < 1.29 is 9.15 Å². The lowest BCUT2D eigenvalue weighted by atomic mass is 10.1.